The van der Waals surface area contributed by atoms with E-state index in [2.05, 4.69) is 11.9 Å². The van der Waals surface area contributed by atoms with Gasteiger partial charge in [0.05, 0.1) is 23.4 Å². The van der Waals surface area contributed by atoms with Crippen molar-refractivity contribution in [2.75, 3.05) is 0 Å². The fourth-order valence-corrected chi connectivity index (χ4v) is 3.49. The molecule has 0 bridgehead atoms. The second-order valence-corrected chi connectivity index (χ2v) is 7.27. The van der Waals surface area contributed by atoms with E-state index in [0.717, 1.165) is 34.5 Å². The van der Waals surface area contributed by atoms with Gasteiger partial charge < -0.3 is 13.9 Å². The molecule has 0 N–H and O–H groups in total. The maximum Gasteiger partial charge on any atom is 0.375 e. The zero-order chi connectivity index (χ0) is 18.5. The summed E-state index contributed by atoms with van der Waals surface area (Å²) >= 11 is 1.59. The van der Waals surface area contributed by atoms with Gasteiger partial charge in [0, 0.05) is 16.3 Å². The summed E-state index contributed by atoms with van der Waals surface area (Å²) in [4.78, 5) is 17.1. The van der Waals surface area contributed by atoms with Gasteiger partial charge in [-0.3, -0.25) is 0 Å². The number of fused-ring (bicyclic) bond motifs is 1. The number of hydrogen-bond donors (Lipinski definition) is 0. The van der Waals surface area contributed by atoms with Crippen molar-refractivity contribution >= 4 is 28.3 Å². The summed E-state index contributed by atoms with van der Waals surface area (Å²) in [5.74, 6) is -0.288. The summed E-state index contributed by atoms with van der Waals surface area (Å²) in [5, 5.41) is 3.87. The molecule has 138 valence electrons. The van der Waals surface area contributed by atoms with Crippen molar-refractivity contribution in [1.82, 2.24) is 4.98 Å². The number of esters is 1. The first-order valence-corrected chi connectivity index (χ1v) is 9.68. The van der Waals surface area contributed by atoms with Crippen LogP contribution in [0.25, 0.3) is 11.0 Å². The highest BCUT2D eigenvalue weighted by molar-refractivity contribution is 7.09. The normalized spacial score (nSPS) is 11.4. The number of aromatic nitrogens is 1. The van der Waals surface area contributed by atoms with Crippen LogP contribution in [0.15, 0.2) is 34.1 Å². The van der Waals surface area contributed by atoms with Crippen LogP contribution >= 0.6 is 11.3 Å². The van der Waals surface area contributed by atoms with Gasteiger partial charge in [0.25, 0.3) is 0 Å². The summed E-state index contributed by atoms with van der Waals surface area (Å²) in [6, 6.07) is 7.55. The van der Waals surface area contributed by atoms with Crippen molar-refractivity contribution in [3.8, 4) is 0 Å². The quantitative estimate of drug-likeness (QED) is 0.513. The van der Waals surface area contributed by atoms with Crippen LogP contribution in [0.3, 0.4) is 0 Å². The van der Waals surface area contributed by atoms with Gasteiger partial charge in [-0.25, -0.2) is 9.78 Å². The number of benzene rings is 1. The lowest BCUT2D eigenvalue weighted by molar-refractivity contribution is 0.0408. The van der Waals surface area contributed by atoms with E-state index in [1.165, 1.54) is 0 Å². The number of furan rings is 1. The lowest BCUT2D eigenvalue weighted by atomic mass is 10.1. The largest absolute Gasteiger partial charge is 0.453 e. The third kappa shape index (κ3) is 4.31. The number of thiazole rings is 1. The highest BCUT2D eigenvalue weighted by atomic mass is 32.1. The number of nitrogens with zero attached hydrogens (tertiary/aromatic N) is 1. The van der Waals surface area contributed by atoms with Crippen LogP contribution in [0.1, 0.15) is 54.0 Å². The topological polar surface area (TPSA) is 61.6 Å². The molecule has 0 aliphatic heterocycles. The molecule has 2 aromatic heterocycles. The molecule has 0 atom stereocenters. The van der Waals surface area contributed by atoms with Crippen LogP contribution in [-0.4, -0.2) is 17.1 Å². The molecule has 6 heteroatoms. The molecule has 0 spiro atoms. The van der Waals surface area contributed by atoms with Crippen LogP contribution in [0, 0.1) is 0 Å². The molecule has 0 saturated heterocycles. The Morgan fingerprint density at radius 2 is 2.08 bits per heavy atom. The molecule has 0 radical (unpaired) electrons. The molecule has 2 heterocycles. The average Bonchev–Trinajstić information content (AvgIpc) is 3.22. The minimum Gasteiger partial charge on any atom is -0.453 e. The van der Waals surface area contributed by atoms with E-state index in [-0.39, 0.29) is 18.5 Å². The number of carbonyl (C=O) groups excluding carboxylic acids is 1. The van der Waals surface area contributed by atoms with Crippen LogP contribution in [0.5, 0.6) is 0 Å². The second-order valence-electron chi connectivity index (χ2n) is 6.32. The number of ether oxygens (including phenoxy) is 2. The lowest BCUT2D eigenvalue weighted by Crippen LogP contribution is -2.09. The predicted molar refractivity (Wildman–Crippen MR) is 101 cm³/mol. The molecular formula is C20H23NO4S. The number of aryl methyl sites for hydroxylation is 1. The maximum absolute atomic E-state index is 12.6. The van der Waals surface area contributed by atoms with E-state index < -0.39 is 5.97 Å². The Labute approximate surface area is 156 Å². The van der Waals surface area contributed by atoms with Crippen LogP contribution < -0.4 is 0 Å². The molecule has 0 amide bonds. The van der Waals surface area contributed by atoms with Gasteiger partial charge in [-0.1, -0.05) is 25.1 Å². The number of carbonyl (C=O) groups is 1. The third-order valence-corrected chi connectivity index (χ3v) is 4.82. The smallest absolute Gasteiger partial charge is 0.375 e. The minimum atomic E-state index is -0.492. The van der Waals surface area contributed by atoms with Gasteiger partial charge in [-0.05, 0) is 32.8 Å². The van der Waals surface area contributed by atoms with Crippen LogP contribution in [0.4, 0.5) is 0 Å². The first kappa shape index (κ1) is 18.6. The van der Waals surface area contributed by atoms with E-state index in [0.29, 0.717) is 12.2 Å². The number of hydrogen-bond acceptors (Lipinski definition) is 6. The fourth-order valence-electron chi connectivity index (χ4n) is 2.61. The Hall–Kier alpha value is -2.18. The summed E-state index contributed by atoms with van der Waals surface area (Å²) in [6.45, 7) is 6.47. The van der Waals surface area contributed by atoms with Gasteiger partial charge in [0.1, 0.15) is 12.2 Å². The molecular weight excluding hydrogens is 350 g/mol. The molecule has 3 aromatic rings. The summed E-state index contributed by atoms with van der Waals surface area (Å²) in [7, 11) is 0. The zero-order valence-electron chi connectivity index (χ0n) is 15.3. The molecule has 0 unspecified atom stereocenters. The van der Waals surface area contributed by atoms with E-state index in [9.17, 15) is 4.79 Å². The van der Waals surface area contributed by atoms with E-state index in [1.807, 2.05) is 43.5 Å². The molecule has 0 fully saturated rings. The number of para-hydroxylation sites is 1. The first-order valence-electron chi connectivity index (χ1n) is 8.81. The molecule has 1 aromatic carbocycles. The fraction of sp³-hybridized carbons (Fsp3) is 0.400. The molecule has 26 heavy (non-hydrogen) atoms. The summed E-state index contributed by atoms with van der Waals surface area (Å²) in [6.07, 6.45) is 2.05. The Morgan fingerprint density at radius 1 is 1.27 bits per heavy atom. The monoisotopic (exact) mass is 373 g/mol. The van der Waals surface area contributed by atoms with E-state index in [4.69, 9.17) is 13.9 Å². The van der Waals surface area contributed by atoms with Crippen molar-refractivity contribution in [3.05, 3.63) is 51.7 Å². The minimum absolute atomic E-state index is 0.0551. The Bertz CT molecular complexity index is 881. The van der Waals surface area contributed by atoms with Gasteiger partial charge in [-0.15, -0.1) is 11.3 Å². The molecule has 0 aliphatic rings. The lowest BCUT2D eigenvalue weighted by Gasteiger charge is -2.08. The van der Waals surface area contributed by atoms with E-state index in [1.54, 1.807) is 11.3 Å². The highest BCUT2D eigenvalue weighted by Crippen LogP contribution is 2.28. The van der Waals surface area contributed by atoms with Crippen LogP contribution in [0.2, 0.25) is 0 Å². The summed E-state index contributed by atoms with van der Waals surface area (Å²) < 4.78 is 16.9. The van der Waals surface area contributed by atoms with Gasteiger partial charge in [-0.2, -0.15) is 0 Å². The Morgan fingerprint density at radius 3 is 2.85 bits per heavy atom. The average molecular weight is 373 g/mol. The molecule has 5 nitrogen and oxygen atoms in total. The third-order valence-electron chi connectivity index (χ3n) is 3.86. The Kier molecular flexibility index (Phi) is 6.06. The van der Waals surface area contributed by atoms with Gasteiger partial charge in [0.2, 0.25) is 5.76 Å². The van der Waals surface area contributed by atoms with Crippen molar-refractivity contribution < 1.29 is 18.7 Å². The standard InChI is InChI=1S/C20H23NO4S/c1-4-7-18-21-14(12-26-18)10-24-20(22)19-16(11-23-13(2)3)15-8-5-6-9-17(15)25-19/h5-6,8-9,12-13H,4,7,10-11H2,1-3H3. The molecule has 0 aliphatic carbocycles. The first-order chi connectivity index (χ1) is 12.6. The SMILES string of the molecule is CCCc1nc(COC(=O)c2oc3ccccc3c2COC(C)C)cs1. The summed E-state index contributed by atoms with van der Waals surface area (Å²) in [5.41, 5.74) is 2.15. The van der Waals surface area contributed by atoms with Gasteiger partial charge >= 0.3 is 5.97 Å². The molecule has 3 rings (SSSR count). The van der Waals surface area contributed by atoms with Crippen molar-refractivity contribution in [1.29, 1.82) is 0 Å². The van der Waals surface area contributed by atoms with Gasteiger partial charge in [0.15, 0.2) is 0 Å². The number of rotatable bonds is 8. The molecule has 0 saturated carbocycles. The highest BCUT2D eigenvalue weighted by Gasteiger charge is 2.22. The second kappa shape index (κ2) is 8.47. The van der Waals surface area contributed by atoms with Crippen molar-refractivity contribution in [2.24, 2.45) is 0 Å². The van der Waals surface area contributed by atoms with E-state index >= 15 is 0 Å². The van der Waals surface area contributed by atoms with Crippen LogP contribution in [-0.2, 0) is 29.1 Å². The predicted octanol–water partition coefficient (Wildman–Crippen LogP) is 5.12. The Balaban J connectivity index is 1.76. The van der Waals surface area contributed by atoms with Crippen molar-refractivity contribution in [3.63, 3.8) is 0 Å². The maximum atomic E-state index is 12.6. The van der Waals surface area contributed by atoms with Crippen molar-refractivity contribution in [2.45, 2.75) is 52.9 Å². The zero-order valence-corrected chi connectivity index (χ0v) is 16.1.